The maximum Gasteiger partial charge on any atom is 0.338 e. The van der Waals surface area contributed by atoms with E-state index in [0.29, 0.717) is 17.8 Å². The molecule has 0 spiro atoms. The van der Waals surface area contributed by atoms with Gasteiger partial charge in [0.2, 0.25) is 5.91 Å². The van der Waals surface area contributed by atoms with Crippen molar-refractivity contribution in [1.82, 2.24) is 9.78 Å². The van der Waals surface area contributed by atoms with Crippen molar-refractivity contribution in [1.29, 1.82) is 0 Å². The van der Waals surface area contributed by atoms with Crippen LogP contribution in [0.25, 0.3) is 10.9 Å². The molecule has 1 N–H and O–H groups in total. The largest absolute Gasteiger partial charge is 0.465 e. The first kappa shape index (κ1) is 17.7. The molecule has 2 aromatic carbocycles. The second-order valence-electron chi connectivity index (χ2n) is 6.25. The molecule has 1 heterocycles. The van der Waals surface area contributed by atoms with E-state index in [1.165, 1.54) is 7.11 Å². The third-order valence-electron chi connectivity index (χ3n) is 4.28. The number of rotatable bonds is 5. The Morgan fingerprint density at radius 2 is 1.96 bits per heavy atom. The van der Waals surface area contributed by atoms with Crippen molar-refractivity contribution in [3.63, 3.8) is 0 Å². The minimum Gasteiger partial charge on any atom is -0.465 e. The Morgan fingerprint density at radius 3 is 2.73 bits per heavy atom. The van der Waals surface area contributed by atoms with E-state index < -0.39 is 5.97 Å². The molecule has 0 radical (unpaired) electrons. The summed E-state index contributed by atoms with van der Waals surface area (Å²) in [6, 6.07) is 11.3. The predicted octanol–water partition coefficient (Wildman–Crippen LogP) is 3.47. The summed E-state index contributed by atoms with van der Waals surface area (Å²) in [5.74, 6) is -0.557. The van der Waals surface area contributed by atoms with Gasteiger partial charge in [0.05, 0.1) is 30.9 Å². The first-order chi connectivity index (χ1) is 12.5. The molecule has 3 aromatic rings. The number of nitrogens with one attached hydrogen (secondary N) is 1. The highest BCUT2D eigenvalue weighted by Crippen LogP contribution is 2.18. The number of hydrogen-bond acceptors (Lipinski definition) is 4. The maximum atomic E-state index is 12.3. The molecule has 0 saturated heterocycles. The van der Waals surface area contributed by atoms with Crippen molar-refractivity contribution in [2.75, 3.05) is 12.4 Å². The predicted molar refractivity (Wildman–Crippen MR) is 100 cm³/mol. The average molecular weight is 351 g/mol. The Labute approximate surface area is 151 Å². The number of aromatic nitrogens is 2. The summed E-state index contributed by atoms with van der Waals surface area (Å²) in [6.07, 6.45) is 2.08. The second-order valence-corrected chi connectivity index (χ2v) is 6.25. The molecule has 26 heavy (non-hydrogen) atoms. The number of carbonyl (C=O) groups excluding carboxylic acids is 2. The molecule has 134 valence electrons. The molecule has 0 saturated carbocycles. The second kappa shape index (κ2) is 7.39. The normalized spacial score (nSPS) is 10.7. The molecular formula is C20H21N3O3. The molecule has 6 nitrogen and oxygen atoms in total. The molecular weight excluding hydrogens is 330 g/mol. The number of methoxy groups -OCH3 is 1. The van der Waals surface area contributed by atoms with Crippen LogP contribution < -0.4 is 5.32 Å². The summed E-state index contributed by atoms with van der Waals surface area (Å²) in [5.41, 5.74) is 3.98. The van der Waals surface area contributed by atoms with Gasteiger partial charge in [-0.15, -0.1) is 0 Å². The fourth-order valence-corrected chi connectivity index (χ4v) is 2.82. The van der Waals surface area contributed by atoms with Crippen LogP contribution in [-0.4, -0.2) is 28.8 Å². The van der Waals surface area contributed by atoms with E-state index in [4.69, 9.17) is 4.74 Å². The van der Waals surface area contributed by atoms with Gasteiger partial charge in [0.15, 0.2) is 0 Å². The Balaban J connectivity index is 1.67. The molecule has 0 atom stereocenters. The first-order valence-electron chi connectivity index (χ1n) is 8.39. The number of aryl methyl sites for hydroxylation is 3. The van der Waals surface area contributed by atoms with Crippen molar-refractivity contribution < 1.29 is 14.3 Å². The Hall–Kier alpha value is -3.15. The zero-order valence-electron chi connectivity index (χ0n) is 15.1. The standard InChI is InChI=1S/C20H21N3O3/c1-13-4-6-15-12-21-23(18(15)10-13)9-8-19(24)22-16-7-5-14(2)17(11-16)20(25)26-3/h4-7,10-12H,8-9H2,1-3H3,(H,22,24). The molecule has 3 rings (SSSR count). The van der Waals surface area contributed by atoms with E-state index in [0.717, 1.165) is 22.0 Å². The Morgan fingerprint density at radius 1 is 1.15 bits per heavy atom. The summed E-state index contributed by atoms with van der Waals surface area (Å²) in [7, 11) is 1.34. The Bertz CT molecular complexity index is 976. The van der Waals surface area contributed by atoms with Crippen LogP contribution in [0.15, 0.2) is 42.6 Å². The van der Waals surface area contributed by atoms with Gasteiger partial charge in [0, 0.05) is 17.5 Å². The number of carbonyl (C=O) groups is 2. The van der Waals surface area contributed by atoms with E-state index in [2.05, 4.69) is 16.5 Å². The van der Waals surface area contributed by atoms with Gasteiger partial charge in [-0.1, -0.05) is 18.2 Å². The first-order valence-corrected chi connectivity index (χ1v) is 8.39. The van der Waals surface area contributed by atoms with Crippen LogP contribution in [0.5, 0.6) is 0 Å². The van der Waals surface area contributed by atoms with Crippen LogP contribution in [0.4, 0.5) is 5.69 Å². The van der Waals surface area contributed by atoms with Crippen molar-refractivity contribution in [3.05, 3.63) is 59.3 Å². The van der Waals surface area contributed by atoms with Gasteiger partial charge in [-0.05, 0) is 43.2 Å². The number of nitrogens with zero attached hydrogens (tertiary/aromatic N) is 2. The van der Waals surface area contributed by atoms with E-state index in [9.17, 15) is 9.59 Å². The van der Waals surface area contributed by atoms with Crippen molar-refractivity contribution in [2.45, 2.75) is 26.8 Å². The van der Waals surface area contributed by atoms with Gasteiger partial charge in [-0.3, -0.25) is 9.48 Å². The zero-order chi connectivity index (χ0) is 18.7. The Kier molecular flexibility index (Phi) is 5.02. The molecule has 0 fully saturated rings. The van der Waals surface area contributed by atoms with Crippen molar-refractivity contribution in [3.8, 4) is 0 Å². The van der Waals surface area contributed by atoms with Crippen LogP contribution in [0.2, 0.25) is 0 Å². The smallest absolute Gasteiger partial charge is 0.338 e. The molecule has 0 unspecified atom stereocenters. The summed E-state index contributed by atoms with van der Waals surface area (Å²) >= 11 is 0. The quantitative estimate of drug-likeness (QED) is 0.715. The fraction of sp³-hybridized carbons (Fsp3) is 0.250. The summed E-state index contributed by atoms with van der Waals surface area (Å²) in [6.45, 7) is 4.33. The van der Waals surface area contributed by atoms with Crippen molar-refractivity contribution >= 4 is 28.5 Å². The molecule has 1 amide bonds. The molecule has 0 aliphatic rings. The summed E-state index contributed by atoms with van der Waals surface area (Å²) in [4.78, 5) is 24.0. The van der Waals surface area contributed by atoms with Crippen LogP contribution in [0, 0.1) is 13.8 Å². The number of esters is 1. The highest BCUT2D eigenvalue weighted by molar-refractivity contribution is 5.95. The topological polar surface area (TPSA) is 73.2 Å². The number of anilines is 1. The van der Waals surface area contributed by atoms with Gasteiger partial charge >= 0.3 is 5.97 Å². The van der Waals surface area contributed by atoms with Crippen LogP contribution in [0.1, 0.15) is 27.9 Å². The molecule has 0 bridgehead atoms. The molecule has 6 heteroatoms. The third-order valence-corrected chi connectivity index (χ3v) is 4.28. The van der Waals surface area contributed by atoms with E-state index in [1.54, 1.807) is 24.4 Å². The van der Waals surface area contributed by atoms with Crippen LogP contribution in [-0.2, 0) is 16.1 Å². The SMILES string of the molecule is COC(=O)c1cc(NC(=O)CCn2ncc3ccc(C)cc32)ccc1C. The molecule has 0 aliphatic carbocycles. The van der Waals surface area contributed by atoms with E-state index in [-0.39, 0.29) is 12.3 Å². The lowest BCUT2D eigenvalue weighted by atomic mass is 10.1. The zero-order valence-corrected chi connectivity index (χ0v) is 15.1. The lowest BCUT2D eigenvalue weighted by Gasteiger charge is -2.09. The van der Waals surface area contributed by atoms with Gasteiger partial charge in [-0.25, -0.2) is 4.79 Å². The van der Waals surface area contributed by atoms with Crippen LogP contribution in [0.3, 0.4) is 0 Å². The van der Waals surface area contributed by atoms with E-state index >= 15 is 0 Å². The van der Waals surface area contributed by atoms with Gasteiger partial charge in [0.1, 0.15) is 0 Å². The minimum absolute atomic E-state index is 0.138. The monoisotopic (exact) mass is 351 g/mol. The lowest BCUT2D eigenvalue weighted by Crippen LogP contribution is -2.15. The number of hydrogen-bond donors (Lipinski definition) is 1. The van der Waals surface area contributed by atoms with Gasteiger partial charge in [-0.2, -0.15) is 5.10 Å². The molecule has 0 aliphatic heterocycles. The highest BCUT2D eigenvalue weighted by atomic mass is 16.5. The van der Waals surface area contributed by atoms with E-state index in [1.807, 2.05) is 30.7 Å². The van der Waals surface area contributed by atoms with Crippen LogP contribution >= 0.6 is 0 Å². The maximum absolute atomic E-state index is 12.3. The molecule has 1 aromatic heterocycles. The minimum atomic E-state index is -0.419. The number of amides is 1. The average Bonchev–Trinajstić information content (AvgIpc) is 3.03. The highest BCUT2D eigenvalue weighted by Gasteiger charge is 2.12. The summed E-state index contributed by atoms with van der Waals surface area (Å²) < 4.78 is 6.59. The fourth-order valence-electron chi connectivity index (χ4n) is 2.82. The van der Waals surface area contributed by atoms with Crippen molar-refractivity contribution in [2.24, 2.45) is 0 Å². The lowest BCUT2D eigenvalue weighted by molar-refractivity contribution is -0.116. The summed E-state index contributed by atoms with van der Waals surface area (Å²) in [5, 5.41) is 8.23. The number of fused-ring (bicyclic) bond motifs is 1. The van der Waals surface area contributed by atoms with Gasteiger partial charge in [0.25, 0.3) is 0 Å². The third kappa shape index (κ3) is 3.74. The number of benzene rings is 2. The van der Waals surface area contributed by atoms with Gasteiger partial charge < -0.3 is 10.1 Å². The number of ether oxygens (including phenoxy) is 1.